The van der Waals surface area contributed by atoms with Crippen molar-refractivity contribution in [1.82, 2.24) is 15.3 Å². The van der Waals surface area contributed by atoms with Crippen LogP contribution in [0.1, 0.15) is 37.1 Å². The molecule has 1 aliphatic rings. The summed E-state index contributed by atoms with van der Waals surface area (Å²) in [6.45, 7) is 11.4. The van der Waals surface area contributed by atoms with Crippen molar-refractivity contribution in [2.45, 2.75) is 40.7 Å². The van der Waals surface area contributed by atoms with Crippen LogP contribution in [0.2, 0.25) is 0 Å². The monoisotopic (exact) mass is 383 g/mol. The first-order chi connectivity index (χ1) is 12.9. The number of aryl methyl sites for hydroxylation is 2. The summed E-state index contributed by atoms with van der Waals surface area (Å²) in [5.41, 5.74) is 3.38. The number of anilines is 2. The van der Waals surface area contributed by atoms with Gasteiger partial charge >= 0.3 is 0 Å². The average Bonchev–Trinajstić information content (AvgIpc) is 2.60. The summed E-state index contributed by atoms with van der Waals surface area (Å²) in [6, 6.07) is 10.5. The van der Waals surface area contributed by atoms with Crippen LogP contribution in [-0.2, 0) is 6.54 Å². The molecule has 0 spiro atoms. The summed E-state index contributed by atoms with van der Waals surface area (Å²) in [5, 5.41) is 6.90. The zero-order valence-corrected chi connectivity index (χ0v) is 17.4. The van der Waals surface area contributed by atoms with Crippen molar-refractivity contribution in [2.75, 3.05) is 23.3 Å². The molecule has 1 aromatic carbocycles. The molecule has 0 bridgehead atoms. The van der Waals surface area contributed by atoms with Gasteiger partial charge in [-0.15, -0.1) is 0 Å². The van der Waals surface area contributed by atoms with E-state index >= 15 is 0 Å². The SMILES string of the molecule is Cc1ccc(CNC(=S)Nc2nc(C)cc(N3CC(C)CC(C)C3)n2)cc1. The lowest BCUT2D eigenvalue weighted by molar-refractivity contribution is 0.355. The molecule has 2 unspecified atom stereocenters. The van der Waals surface area contributed by atoms with Gasteiger partial charge in [0.05, 0.1) is 0 Å². The molecule has 1 fully saturated rings. The minimum atomic E-state index is 0.535. The molecule has 6 heteroatoms. The van der Waals surface area contributed by atoms with Crippen LogP contribution in [0.4, 0.5) is 11.8 Å². The normalized spacial score (nSPS) is 19.6. The summed E-state index contributed by atoms with van der Waals surface area (Å²) in [5.74, 6) is 2.89. The Bertz CT molecular complexity index is 780. The molecular weight excluding hydrogens is 354 g/mol. The fourth-order valence-corrected chi connectivity index (χ4v) is 3.82. The lowest BCUT2D eigenvalue weighted by Gasteiger charge is -2.36. The van der Waals surface area contributed by atoms with Crippen LogP contribution in [0.15, 0.2) is 30.3 Å². The molecule has 144 valence electrons. The fraction of sp³-hybridized carbons (Fsp3) is 0.476. The standard InChI is InChI=1S/C21H29N5S/c1-14-5-7-18(8-6-14)11-22-21(27)25-20-23-17(4)10-19(24-20)26-12-15(2)9-16(3)13-26/h5-8,10,15-16H,9,11-13H2,1-4H3,(H2,22,23,24,25,27). The van der Waals surface area contributed by atoms with Gasteiger partial charge in [0, 0.05) is 31.4 Å². The van der Waals surface area contributed by atoms with Gasteiger partial charge in [-0.2, -0.15) is 4.98 Å². The third-order valence-electron chi connectivity index (χ3n) is 4.83. The summed E-state index contributed by atoms with van der Waals surface area (Å²) in [4.78, 5) is 11.6. The summed E-state index contributed by atoms with van der Waals surface area (Å²) in [6.07, 6.45) is 1.28. The smallest absolute Gasteiger partial charge is 0.231 e. The highest BCUT2D eigenvalue weighted by Crippen LogP contribution is 2.25. The Morgan fingerprint density at radius 3 is 2.44 bits per heavy atom. The van der Waals surface area contributed by atoms with Crippen LogP contribution < -0.4 is 15.5 Å². The van der Waals surface area contributed by atoms with Crippen molar-refractivity contribution in [3.8, 4) is 0 Å². The van der Waals surface area contributed by atoms with Crippen LogP contribution >= 0.6 is 12.2 Å². The number of thiocarbonyl (C=S) groups is 1. The molecule has 1 aliphatic heterocycles. The number of hydrogen-bond donors (Lipinski definition) is 2. The second-order valence-corrected chi connectivity index (χ2v) is 8.24. The summed E-state index contributed by atoms with van der Waals surface area (Å²) in [7, 11) is 0. The zero-order chi connectivity index (χ0) is 19.4. The number of hydrogen-bond acceptors (Lipinski definition) is 4. The average molecular weight is 384 g/mol. The number of aromatic nitrogens is 2. The minimum Gasteiger partial charge on any atom is -0.358 e. The largest absolute Gasteiger partial charge is 0.358 e. The molecule has 27 heavy (non-hydrogen) atoms. The van der Waals surface area contributed by atoms with E-state index in [1.54, 1.807) is 0 Å². The maximum absolute atomic E-state index is 5.43. The molecular formula is C21H29N5S. The predicted octanol–water partition coefficient (Wildman–Crippen LogP) is 4.06. The molecule has 0 aliphatic carbocycles. The highest BCUT2D eigenvalue weighted by Gasteiger charge is 2.23. The maximum atomic E-state index is 5.43. The first kappa shape index (κ1) is 19.5. The quantitative estimate of drug-likeness (QED) is 0.777. The Morgan fingerprint density at radius 1 is 1.11 bits per heavy atom. The van der Waals surface area contributed by atoms with E-state index in [2.05, 4.69) is 71.6 Å². The molecule has 3 rings (SSSR count). The number of benzene rings is 1. The lowest BCUT2D eigenvalue weighted by atomic mass is 9.92. The van der Waals surface area contributed by atoms with E-state index in [1.807, 2.05) is 6.92 Å². The van der Waals surface area contributed by atoms with E-state index in [0.29, 0.717) is 29.4 Å². The molecule has 1 aromatic heterocycles. The molecule has 2 atom stereocenters. The summed E-state index contributed by atoms with van der Waals surface area (Å²) >= 11 is 5.43. The van der Waals surface area contributed by atoms with Gasteiger partial charge in [-0.25, -0.2) is 4.98 Å². The number of piperidine rings is 1. The Labute approximate surface area is 167 Å². The second kappa shape index (κ2) is 8.65. The first-order valence-corrected chi connectivity index (χ1v) is 10.0. The summed E-state index contributed by atoms with van der Waals surface area (Å²) < 4.78 is 0. The van der Waals surface area contributed by atoms with E-state index in [0.717, 1.165) is 24.6 Å². The molecule has 0 saturated carbocycles. The van der Waals surface area contributed by atoms with E-state index in [1.165, 1.54) is 17.5 Å². The molecule has 2 N–H and O–H groups in total. The third kappa shape index (κ3) is 5.63. The van der Waals surface area contributed by atoms with E-state index in [4.69, 9.17) is 17.2 Å². The molecule has 2 aromatic rings. The van der Waals surface area contributed by atoms with E-state index in [-0.39, 0.29) is 0 Å². The third-order valence-corrected chi connectivity index (χ3v) is 5.08. The van der Waals surface area contributed by atoms with Crippen LogP contribution in [0.5, 0.6) is 0 Å². The Hall–Kier alpha value is -2.21. The van der Waals surface area contributed by atoms with E-state index < -0.39 is 0 Å². The van der Waals surface area contributed by atoms with Crippen LogP contribution in [0.3, 0.4) is 0 Å². The van der Waals surface area contributed by atoms with Gasteiger partial charge in [-0.05, 0) is 49.9 Å². The van der Waals surface area contributed by atoms with Crippen LogP contribution in [0.25, 0.3) is 0 Å². The van der Waals surface area contributed by atoms with Crippen molar-refractivity contribution >= 4 is 29.1 Å². The van der Waals surface area contributed by atoms with Crippen LogP contribution in [-0.4, -0.2) is 28.2 Å². The molecule has 0 radical (unpaired) electrons. The topological polar surface area (TPSA) is 53.1 Å². The van der Waals surface area contributed by atoms with Gasteiger partial charge < -0.3 is 15.5 Å². The highest BCUT2D eigenvalue weighted by atomic mass is 32.1. The number of nitrogens with one attached hydrogen (secondary N) is 2. The Morgan fingerprint density at radius 2 is 1.78 bits per heavy atom. The van der Waals surface area contributed by atoms with Gasteiger partial charge in [-0.1, -0.05) is 43.7 Å². The van der Waals surface area contributed by atoms with Crippen molar-refractivity contribution in [1.29, 1.82) is 0 Å². The molecule has 0 amide bonds. The second-order valence-electron chi connectivity index (χ2n) is 7.84. The maximum Gasteiger partial charge on any atom is 0.231 e. The minimum absolute atomic E-state index is 0.535. The number of nitrogens with zero attached hydrogens (tertiary/aromatic N) is 3. The molecule has 2 heterocycles. The van der Waals surface area contributed by atoms with Gasteiger partial charge in [0.25, 0.3) is 0 Å². The zero-order valence-electron chi connectivity index (χ0n) is 16.6. The van der Waals surface area contributed by atoms with Gasteiger partial charge in [0.2, 0.25) is 5.95 Å². The molecule has 1 saturated heterocycles. The predicted molar refractivity (Wildman–Crippen MR) is 116 cm³/mol. The number of rotatable bonds is 4. The highest BCUT2D eigenvalue weighted by molar-refractivity contribution is 7.80. The fourth-order valence-electron chi connectivity index (χ4n) is 3.65. The first-order valence-electron chi connectivity index (χ1n) is 9.60. The van der Waals surface area contributed by atoms with Crippen molar-refractivity contribution in [3.05, 3.63) is 47.2 Å². The van der Waals surface area contributed by atoms with Gasteiger partial charge in [0.1, 0.15) is 5.82 Å². The van der Waals surface area contributed by atoms with Gasteiger partial charge in [-0.3, -0.25) is 0 Å². The van der Waals surface area contributed by atoms with Crippen LogP contribution in [0, 0.1) is 25.7 Å². The molecule has 5 nitrogen and oxygen atoms in total. The Balaban J connectivity index is 1.63. The van der Waals surface area contributed by atoms with Gasteiger partial charge in [0.15, 0.2) is 5.11 Å². The van der Waals surface area contributed by atoms with Crippen molar-refractivity contribution in [3.63, 3.8) is 0 Å². The Kier molecular flexibility index (Phi) is 6.26. The van der Waals surface area contributed by atoms with Crippen molar-refractivity contribution < 1.29 is 0 Å². The lowest BCUT2D eigenvalue weighted by Crippen LogP contribution is -2.39. The van der Waals surface area contributed by atoms with Crippen molar-refractivity contribution in [2.24, 2.45) is 11.8 Å². The van der Waals surface area contributed by atoms with E-state index in [9.17, 15) is 0 Å².